The van der Waals surface area contributed by atoms with Gasteiger partial charge in [0.25, 0.3) is 8.32 Å². The summed E-state index contributed by atoms with van der Waals surface area (Å²) < 4.78 is 12.8. The molecule has 6 nitrogen and oxygen atoms in total. The molecule has 2 aromatic carbocycles. The van der Waals surface area contributed by atoms with Gasteiger partial charge in [0.2, 0.25) is 0 Å². The molecule has 1 fully saturated rings. The summed E-state index contributed by atoms with van der Waals surface area (Å²) in [5, 5.41) is 21.4. The zero-order valence-electron chi connectivity index (χ0n) is 22.2. The lowest BCUT2D eigenvalue weighted by Crippen LogP contribution is -2.67. The van der Waals surface area contributed by atoms with E-state index in [1.54, 1.807) is 4.90 Å². The van der Waals surface area contributed by atoms with Gasteiger partial charge in [-0.15, -0.1) is 0 Å². The first kappa shape index (κ1) is 27.5. The second-order valence-corrected chi connectivity index (χ2v) is 15.6. The third-order valence-corrected chi connectivity index (χ3v) is 11.6. The van der Waals surface area contributed by atoms with Crippen LogP contribution in [0.3, 0.4) is 0 Å². The maximum absolute atomic E-state index is 13.3. The lowest BCUT2D eigenvalue weighted by molar-refractivity contribution is 0.0128. The minimum absolute atomic E-state index is 0.147. The highest BCUT2D eigenvalue weighted by Crippen LogP contribution is 2.38. The van der Waals surface area contributed by atoms with Crippen molar-refractivity contribution in [3.63, 3.8) is 0 Å². The standard InChI is InChI=1S/C29H38N2O4Si/c1-28(2,3)35-27(33)31-23(17-18-26(31)22(19-30)20-32)21-34-36(29(4,5)6,24-13-9-7-10-14-24)25-15-11-8-12-16-25/h7-16,20,23,26,32H,17-18,21H2,1-6H3/t23-,26+/m0/s1. The van der Waals surface area contributed by atoms with Crippen LogP contribution in [-0.4, -0.2) is 48.7 Å². The predicted octanol–water partition coefficient (Wildman–Crippen LogP) is 5.30. The average Bonchev–Trinajstić information content (AvgIpc) is 3.24. The Bertz CT molecular complexity index is 1060. The van der Waals surface area contributed by atoms with Crippen molar-refractivity contribution >= 4 is 24.8 Å². The van der Waals surface area contributed by atoms with E-state index in [4.69, 9.17) is 9.16 Å². The number of rotatable bonds is 6. The van der Waals surface area contributed by atoms with Crippen LogP contribution in [0.25, 0.3) is 0 Å². The maximum Gasteiger partial charge on any atom is 0.411 e. The predicted molar refractivity (Wildman–Crippen MR) is 145 cm³/mol. The van der Waals surface area contributed by atoms with E-state index in [9.17, 15) is 15.2 Å². The van der Waals surface area contributed by atoms with Gasteiger partial charge in [0, 0.05) is 0 Å². The van der Waals surface area contributed by atoms with Gasteiger partial charge in [-0.25, -0.2) is 4.79 Å². The molecule has 0 aliphatic carbocycles. The van der Waals surface area contributed by atoms with E-state index < -0.39 is 26.1 Å². The van der Waals surface area contributed by atoms with Gasteiger partial charge in [0.1, 0.15) is 11.7 Å². The largest absolute Gasteiger partial charge is 0.514 e. The summed E-state index contributed by atoms with van der Waals surface area (Å²) in [6, 6.07) is 21.9. The van der Waals surface area contributed by atoms with Crippen molar-refractivity contribution in [1.29, 1.82) is 5.26 Å². The van der Waals surface area contributed by atoms with Crippen molar-refractivity contribution in [3.8, 4) is 6.07 Å². The molecule has 0 saturated carbocycles. The number of carbonyl (C=O) groups is 1. The van der Waals surface area contributed by atoms with Crippen molar-refractivity contribution < 1.29 is 19.1 Å². The Kier molecular flexibility index (Phi) is 8.32. The van der Waals surface area contributed by atoms with Crippen molar-refractivity contribution in [2.24, 2.45) is 0 Å². The fraction of sp³-hybridized carbons (Fsp3) is 0.448. The summed E-state index contributed by atoms with van der Waals surface area (Å²) in [5.74, 6) is 0. The third kappa shape index (κ3) is 5.66. The van der Waals surface area contributed by atoms with Gasteiger partial charge in [0.05, 0.1) is 30.5 Å². The number of carbonyl (C=O) groups excluding carboxylic acids is 1. The molecule has 1 aliphatic heterocycles. The molecule has 1 amide bonds. The number of hydrogen-bond acceptors (Lipinski definition) is 5. The number of nitriles is 1. The van der Waals surface area contributed by atoms with Crippen LogP contribution in [0.15, 0.2) is 72.5 Å². The Morgan fingerprint density at radius 3 is 1.97 bits per heavy atom. The van der Waals surface area contributed by atoms with Crippen molar-refractivity contribution in [2.75, 3.05) is 6.61 Å². The number of likely N-dealkylation sites (tertiary alicyclic amines) is 1. The Balaban J connectivity index is 2.03. The minimum Gasteiger partial charge on any atom is -0.514 e. The molecule has 1 N–H and O–H groups in total. The van der Waals surface area contributed by atoms with E-state index in [1.165, 1.54) is 0 Å². The molecule has 0 bridgehead atoms. The van der Waals surface area contributed by atoms with Gasteiger partial charge in [0.15, 0.2) is 0 Å². The van der Waals surface area contributed by atoms with E-state index in [0.717, 1.165) is 16.6 Å². The van der Waals surface area contributed by atoms with E-state index in [-0.39, 0.29) is 16.7 Å². The maximum atomic E-state index is 13.3. The molecular weight excluding hydrogens is 468 g/mol. The highest BCUT2D eigenvalue weighted by atomic mass is 28.4. The van der Waals surface area contributed by atoms with Crippen LogP contribution in [0, 0.1) is 11.3 Å². The number of aliphatic hydroxyl groups excluding tert-OH is 1. The number of hydrogen-bond donors (Lipinski definition) is 1. The average molecular weight is 507 g/mol. The number of amides is 1. The van der Waals surface area contributed by atoms with Gasteiger partial charge in [-0.05, 0) is 49.0 Å². The molecule has 0 aromatic heterocycles. The van der Waals surface area contributed by atoms with E-state index in [1.807, 2.05) is 63.2 Å². The SMILES string of the molecule is CC(C)(C)OC(=O)N1[C@H](CO[Si](c2ccccc2)(c2ccccc2)C(C)(C)C)CC[C@@H]1C(C#N)=CO. The van der Waals surface area contributed by atoms with Crippen LogP contribution in [-0.2, 0) is 9.16 Å². The second kappa shape index (κ2) is 10.9. The van der Waals surface area contributed by atoms with Crippen LogP contribution in [0.4, 0.5) is 4.79 Å². The molecule has 1 aliphatic rings. The fourth-order valence-electron chi connectivity index (χ4n) is 5.12. The third-order valence-electron chi connectivity index (χ3n) is 6.64. The van der Waals surface area contributed by atoms with Crippen molar-refractivity contribution in [2.45, 2.75) is 77.1 Å². The number of benzene rings is 2. The quantitative estimate of drug-likeness (QED) is 0.327. The first-order valence-electron chi connectivity index (χ1n) is 12.5. The molecule has 2 atom stereocenters. The second-order valence-electron chi connectivity index (χ2n) is 11.3. The van der Waals surface area contributed by atoms with Crippen LogP contribution in [0.1, 0.15) is 54.4 Å². The van der Waals surface area contributed by atoms with Gasteiger partial charge in [-0.2, -0.15) is 5.26 Å². The highest BCUT2D eigenvalue weighted by Gasteiger charge is 2.51. The van der Waals surface area contributed by atoms with E-state index in [2.05, 4.69) is 45.0 Å². The van der Waals surface area contributed by atoms with Crippen LogP contribution in [0.5, 0.6) is 0 Å². The minimum atomic E-state index is -2.80. The molecule has 0 radical (unpaired) electrons. The zero-order chi connectivity index (χ0) is 26.6. The highest BCUT2D eigenvalue weighted by molar-refractivity contribution is 6.99. The molecule has 1 heterocycles. The molecule has 7 heteroatoms. The van der Waals surface area contributed by atoms with Crippen molar-refractivity contribution in [3.05, 3.63) is 72.5 Å². The molecule has 0 unspecified atom stereocenters. The van der Waals surface area contributed by atoms with Gasteiger partial charge >= 0.3 is 6.09 Å². The number of aliphatic hydroxyl groups is 1. The summed E-state index contributed by atoms with van der Waals surface area (Å²) in [4.78, 5) is 14.9. The number of ether oxygens (including phenoxy) is 1. The Hall–Kier alpha value is -3.08. The van der Waals surface area contributed by atoms with Crippen LogP contribution in [0.2, 0.25) is 5.04 Å². The fourth-order valence-corrected chi connectivity index (χ4v) is 9.71. The first-order valence-corrected chi connectivity index (χ1v) is 14.4. The van der Waals surface area contributed by atoms with Crippen molar-refractivity contribution in [1.82, 2.24) is 4.90 Å². The normalized spacial score (nSPS) is 19.1. The zero-order valence-corrected chi connectivity index (χ0v) is 23.2. The van der Waals surface area contributed by atoms with Crippen LogP contribution >= 0.6 is 0 Å². The molecular formula is C29H38N2O4Si. The molecule has 36 heavy (non-hydrogen) atoms. The lowest BCUT2D eigenvalue weighted by atomic mass is 10.1. The van der Waals surface area contributed by atoms with Crippen LogP contribution < -0.4 is 10.4 Å². The first-order chi connectivity index (χ1) is 16.9. The lowest BCUT2D eigenvalue weighted by Gasteiger charge is -2.44. The molecule has 3 rings (SSSR count). The topological polar surface area (TPSA) is 82.8 Å². The number of nitrogens with zero attached hydrogens (tertiary/aromatic N) is 2. The molecule has 2 aromatic rings. The van der Waals surface area contributed by atoms with Gasteiger partial charge in [-0.1, -0.05) is 81.4 Å². The summed E-state index contributed by atoms with van der Waals surface area (Å²) in [6.45, 7) is 12.4. The van der Waals surface area contributed by atoms with E-state index >= 15 is 0 Å². The monoisotopic (exact) mass is 506 g/mol. The summed E-state index contributed by atoms with van der Waals surface area (Å²) in [7, 11) is -2.80. The Morgan fingerprint density at radius 1 is 1.03 bits per heavy atom. The van der Waals surface area contributed by atoms with E-state index in [0.29, 0.717) is 19.4 Å². The summed E-state index contributed by atoms with van der Waals surface area (Å²) in [6.07, 6.45) is 1.48. The summed E-state index contributed by atoms with van der Waals surface area (Å²) >= 11 is 0. The van der Waals surface area contributed by atoms with Gasteiger partial charge in [-0.3, -0.25) is 4.90 Å². The Labute approximate surface area is 216 Å². The molecule has 1 saturated heterocycles. The smallest absolute Gasteiger partial charge is 0.411 e. The van der Waals surface area contributed by atoms with Gasteiger partial charge < -0.3 is 14.3 Å². The Morgan fingerprint density at radius 2 is 1.56 bits per heavy atom. The molecule has 0 spiro atoms. The molecule has 192 valence electrons. The summed E-state index contributed by atoms with van der Waals surface area (Å²) in [5.41, 5.74) is -0.544.